The summed E-state index contributed by atoms with van der Waals surface area (Å²) in [6.07, 6.45) is 22.2. The van der Waals surface area contributed by atoms with Gasteiger partial charge in [0.25, 0.3) is 0 Å². The second kappa shape index (κ2) is 27.3. The van der Waals surface area contributed by atoms with E-state index in [4.69, 9.17) is 9.98 Å². The minimum Gasteiger partial charge on any atom is -0.507 e. The zero-order chi connectivity index (χ0) is 40.0. The van der Waals surface area contributed by atoms with Crippen molar-refractivity contribution in [2.24, 2.45) is 9.98 Å². The van der Waals surface area contributed by atoms with Crippen LogP contribution in [0.1, 0.15) is 172 Å². The number of phenolic OH excluding ortho intramolecular Hbond substituents is 2. The van der Waals surface area contributed by atoms with Crippen LogP contribution < -0.4 is 0 Å². The molecule has 4 aromatic carbocycles. The maximum absolute atomic E-state index is 10.0. The second-order valence-electron chi connectivity index (χ2n) is 15.4. The average molecular weight is 806 g/mol. The molecule has 0 saturated heterocycles. The molecule has 0 atom stereocenters. The third-order valence-corrected chi connectivity index (χ3v) is 10.8. The summed E-state index contributed by atoms with van der Waals surface area (Å²) >= 11 is 0. The van der Waals surface area contributed by atoms with E-state index in [1.807, 2.05) is 13.0 Å². The quantitative estimate of drug-likeness (QED) is 0.0472. The molecule has 0 bridgehead atoms. The van der Waals surface area contributed by atoms with E-state index >= 15 is 0 Å². The number of unbranched alkanes of at least 4 members (excludes halogenated alkanes) is 9. The van der Waals surface area contributed by atoms with E-state index in [0.29, 0.717) is 5.39 Å². The Balaban J connectivity index is 0.000000475. The van der Waals surface area contributed by atoms with Crippen LogP contribution in [-0.4, -0.2) is 21.6 Å². The number of nitrogens with zero attached hydrogens (tertiary/aromatic N) is 2. The van der Waals surface area contributed by atoms with Crippen LogP contribution in [0.25, 0.3) is 10.8 Å². The minimum absolute atomic E-state index is 0. The van der Waals surface area contributed by atoms with Crippen molar-refractivity contribution in [3.05, 3.63) is 94.0 Å². The molecule has 0 amide bonds. The number of benzene rings is 4. The molecule has 0 unspecified atom stereocenters. The van der Waals surface area contributed by atoms with Crippen molar-refractivity contribution < 1.29 is 26.7 Å². The van der Waals surface area contributed by atoms with Crippen molar-refractivity contribution >= 4 is 33.6 Å². The van der Waals surface area contributed by atoms with Gasteiger partial charge in [-0.2, -0.15) is 0 Å². The van der Waals surface area contributed by atoms with Gasteiger partial charge in [0.05, 0.1) is 28.2 Å². The number of fused-ring (bicyclic) bond motifs is 1. The van der Waals surface area contributed by atoms with Crippen LogP contribution in [0.5, 0.6) is 11.5 Å². The van der Waals surface area contributed by atoms with Gasteiger partial charge in [-0.05, 0) is 146 Å². The van der Waals surface area contributed by atoms with Gasteiger partial charge in [0.2, 0.25) is 0 Å². The summed E-state index contributed by atoms with van der Waals surface area (Å²) in [4.78, 5) is 10.6. The third-order valence-electron chi connectivity index (χ3n) is 10.8. The van der Waals surface area contributed by atoms with E-state index in [1.54, 1.807) is 12.1 Å². The van der Waals surface area contributed by atoms with Crippen LogP contribution in [-0.2, 0) is 48.6 Å². The first-order valence-corrected chi connectivity index (χ1v) is 22.1. The van der Waals surface area contributed by atoms with Crippen LogP contribution in [0, 0.1) is 6.92 Å². The zero-order valence-corrected chi connectivity index (χ0v) is 37.3. The number of hydrogen-bond donors (Lipinski definition) is 2. The Morgan fingerprint density at radius 1 is 0.482 bits per heavy atom. The largest absolute Gasteiger partial charge is 0.507 e. The smallest absolute Gasteiger partial charge is 0.127 e. The molecule has 0 fully saturated rings. The Kier molecular flexibility index (Phi) is 23.7. The van der Waals surface area contributed by atoms with Crippen molar-refractivity contribution in [1.29, 1.82) is 0 Å². The Labute approximate surface area is 351 Å². The first-order valence-electron chi connectivity index (χ1n) is 22.1. The van der Waals surface area contributed by atoms with Crippen LogP contribution in [0.2, 0.25) is 0 Å². The molecule has 2 N–H and O–H groups in total. The Morgan fingerprint density at radius 3 is 1.45 bits per heavy atom. The monoisotopic (exact) mass is 805 g/mol. The van der Waals surface area contributed by atoms with Crippen LogP contribution in [0.3, 0.4) is 0 Å². The average Bonchev–Trinajstić information content (AvgIpc) is 3.18. The van der Waals surface area contributed by atoms with Crippen molar-refractivity contribution in [3.63, 3.8) is 0 Å². The molecule has 5 heteroatoms. The molecular weight excluding hydrogens is 731 g/mol. The summed E-state index contributed by atoms with van der Waals surface area (Å²) in [5.74, 6) is 0.333. The first-order chi connectivity index (χ1) is 26.7. The molecule has 0 aliphatic heterocycles. The number of hydrogen-bond acceptors (Lipinski definition) is 4. The molecule has 4 rings (SSSR count). The van der Waals surface area contributed by atoms with Crippen LogP contribution in [0.4, 0.5) is 11.4 Å². The second-order valence-corrected chi connectivity index (χ2v) is 15.4. The molecule has 4 nitrogen and oxygen atoms in total. The molecule has 0 aliphatic carbocycles. The number of aliphatic imine (C=N–C) groups is 2. The number of rotatable bonds is 22. The molecule has 0 saturated carbocycles. The van der Waals surface area contributed by atoms with Crippen molar-refractivity contribution in [2.75, 3.05) is 0 Å². The summed E-state index contributed by atoms with van der Waals surface area (Å²) in [5, 5.41) is 21.4. The fraction of sp³-hybridized carbons (Fsp3) is 0.529. The fourth-order valence-electron chi connectivity index (χ4n) is 7.57. The van der Waals surface area contributed by atoms with Crippen molar-refractivity contribution in [3.8, 4) is 11.5 Å². The van der Waals surface area contributed by atoms with E-state index < -0.39 is 0 Å². The standard InChI is InChI=1S/C35H54N2.C16H20O2.Ni/c1-7-13-15-16-17-19-21-35(37-33-25-23-29(10-4)31(12-6)27-33)34(20-18-14-8-2)36-32-24-22-28(9-3)30(11-5)26-32;1-3-4-5-6-12-9-13-7-11(2)8-14(17)16(13)15(18)10-12;/h22-27H,7-21H2,1-6H3;7-10,17-18H,3-6H2,1-2H3;. The summed E-state index contributed by atoms with van der Waals surface area (Å²) in [6, 6.07) is 21.1. The molecule has 310 valence electrons. The van der Waals surface area contributed by atoms with Crippen molar-refractivity contribution in [1.82, 2.24) is 0 Å². The summed E-state index contributed by atoms with van der Waals surface area (Å²) in [7, 11) is 0. The van der Waals surface area contributed by atoms with E-state index in [2.05, 4.69) is 90.9 Å². The van der Waals surface area contributed by atoms with Crippen molar-refractivity contribution in [2.45, 2.75) is 177 Å². The van der Waals surface area contributed by atoms with E-state index in [0.717, 1.165) is 79.3 Å². The predicted octanol–water partition coefficient (Wildman–Crippen LogP) is 15.4. The predicted molar refractivity (Wildman–Crippen MR) is 242 cm³/mol. The van der Waals surface area contributed by atoms with Gasteiger partial charge in [-0.15, -0.1) is 0 Å². The Morgan fingerprint density at radius 2 is 0.929 bits per heavy atom. The molecule has 0 spiro atoms. The normalized spacial score (nSPS) is 11.7. The number of aromatic hydroxyl groups is 2. The van der Waals surface area contributed by atoms with E-state index in [-0.39, 0.29) is 28.0 Å². The van der Waals surface area contributed by atoms with Gasteiger partial charge in [0, 0.05) is 16.5 Å². The van der Waals surface area contributed by atoms with Gasteiger partial charge in [0.15, 0.2) is 0 Å². The van der Waals surface area contributed by atoms with Gasteiger partial charge >= 0.3 is 0 Å². The van der Waals surface area contributed by atoms with Gasteiger partial charge in [-0.1, -0.05) is 131 Å². The van der Waals surface area contributed by atoms with Gasteiger partial charge in [0.1, 0.15) is 11.5 Å². The maximum Gasteiger partial charge on any atom is 0.127 e. The fourth-order valence-corrected chi connectivity index (χ4v) is 7.57. The van der Waals surface area contributed by atoms with E-state index in [1.165, 1.54) is 104 Å². The summed E-state index contributed by atoms with van der Waals surface area (Å²) in [6.45, 7) is 17.7. The third kappa shape index (κ3) is 15.8. The zero-order valence-electron chi connectivity index (χ0n) is 36.3. The molecule has 0 aliphatic rings. The topological polar surface area (TPSA) is 65.2 Å². The number of aryl methyl sites for hydroxylation is 6. The van der Waals surface area contributed by atoms with Gasteiger partial charge in [-0.25, -0.2) is 0 Å². The first kappa shape index (κ1) is 48.7. The minimum atomic E-state index is 0. The molecular formula is C51H74N2NiO2. The van der Waals surface area contributed by atoms with Gasteiger partial charge < -0.3 is 10.2 Å². The summed E-state index contributed by atoms with van der Waals surface area (Å²) < 4.78 is 0. The molecule has 0 aromatic heterocycles. The van der Waals surface area contributed by atoms with E-state index in [9.17, 15) is 10.2 Å². The van der Waals surface area contributed by atoms with Gasteiger partial charge in [-0.3, -0.25) is 9.98 Å². The molecule has 56 heavy (non-hydrogen) atoms. The van der Waals surface area contributed by atoms with Crippen LogP contribution >= 0.6 is 0 Å². The maximum atomic E-state index is 10.0. The Bertz CT molecular complexity index is 1810. The van der Waals surface area contributed by atoms with Crippen LogP contribution in [0.15, 0.2) is 70.6 Å². The molecule has 4 aromatic rings. The Hall–Kier alpha value is -3.43. The SMILES string of the molecule is CCCCCCCCC(=Nc1ccc(CC)c(CC)c1)C(CCCCC)=Nc1ccc(CC)c(CC)c1.CCCCCc1cc(O)c2c(O)cc(C)cc2c1.[Ni]. The molecule has 0 radical (unpaired) electrons. The molecule has 0 heterocycles. The summed E-state index contributed by atoms with van der Waals surface area (Å²) in [5.41, 5.74) is 12.5. The number of phenols is 2.